The first kappa shape index (κ1) is 15.2. The molecule has 0 radical (unpaired) electrons. The number of aromatic nitrogens is 2. The van der Waals surface area contributed by atoms with E-state index in [0.717, 1.165) is 22.8 Å². The Kier molecular flexibility index (Phi) is 3.57. The number of benzene rings is 2. The molecule has 1 atom stereocenters. The highest BCUT2D eigenvalue weighted by atomic mass is 79.9. The summed E-state index contributed by atoms with van der Waals surface area (Å²) in [6.45, 7) is 0. The molecule has 0 bridgehead atoms. The number of hydrogen-bond donors (Lipinski definition) is 2. The van der Waals surface area contributed by atoms with E-state index in [9.17, 15) is 9.59 Å². The van der Waals surface area contributed by atoms with E-state index in [0.29, 0.717) is 11.1 Å². The normalized spacial score (nSPS) is 16.3. The zero-order chi connectivity index (χ0) is 16.8. The molecule has 5 nitrogen and oxygen atoms in total. The molecular formula is C18H16BrN3O2. The number of H-pyrrole nitrogens is 1. The average Bonchev–Trinajstić information content (AvgIpc) is 3.10. The molecule has 24 heavy (non-hydrogen) atoms. The number of halogens is 1. The molecule has 1 aliphatic carbocycles. The molecular weight excluding hydrogens is 370 g/mol. The standard InChI is InChI=1S/C18H16BrN3O2/c1-22-16-8-5-10(9-15(16)21-18(22)24)17(23)20-14-7-6-11-12(14)3-2-4-13(11)19/h2-5,8-9,14H,6-7H2,1H3,(H,20,23)(H,21,24). The first-order valence-electron chi connectivity index (χ1n) is 7.81. The highest BCUT2D eigenvalue weighted by Crippen LogP contribution is 2.35. The Morgan fingerprint density at radius 2 is 2.17 bits per heavy atom. The predicted molar refractivity (Wildman–Crippen MR) is 96.2 cm³/mol. The Balaban J connectivity index is 1.62. The fraction of sp³-hybridized carbons (Fsp3) is 0.222. The maximum Gasteiger partial charge on any atom is 0.326 e. The van der Waals surface area contributed by atoms with Crippen LogP contribution in [-0.2, 0) is 13.5 Å². The van der Waals surface area contributed by atoms with Crippen molar-refractivity contribution in [3.8, 4) is 0 Å². The van der Waals surface area contributed by atoms with Crippen LogP contribution in [0.5, 0.6) is 0 Å². The summed E-state index contributed by atoms with van der Waals surface area (Å²) in [7, 11) is 1.70. The molecule has 6 heteroatoms. The Hall–Kier alpha value is -2.34. The SMILES string of the molecule is Cn1c(=O)[nH]c2cc(C(=O)NC3CCc4c(Br)cccc43)ccc21. The number of nitrogens with zero attached hydrogens (tertiary/aromatic N) is 1. The molecule has 1 aromatic heterocycles. The third-order valence-electron chi connectivity index (χ3n) is 4.69. The van der Waals surface area contributed by atoms with E-state index < -0.39 is 0 Å². The number of amides is 1. The summed E-state index contributed by atoms with van der Waals surface area (Å²) in [5.74, 6) is -0.126. The molecule has 1 aliphatic rings. The van der Waals surface area contributed by atoms with Gasteiger partial charge < -0.3 is 10.3 Å². The molecule has 0 saturated heterocycles. The summed E-state index contributed by atoms with van der Waals surface area (Å²) in [5.41, 5.74) is 4.26. The van der Waals surface area contributed by atoms with Gasteiger partial charge >= 0.3 is 5.69 Å². The van der Waals surface area contributed by atoms with Crippen molar-refractivity contribution in [3.63, 3.8) is 0 Å². The van der Waals surface area contributed by atoms with E-state index in [1.807, 2.05) is 12.1 Å². The van der Waals surface area contributed by atoms with Crippen LogP contribution in [0.3, 0.4) is 0 Å². The van der Waals surface area contributed by atoms with Gasteiger partial charge in [-0.1, -0.05) is 28.1 Å². The predicted octanol–water partition coefficient (Wildman–Crippen LogP) is 3.05. The number of hydrogen-bond acceptors (Lipinski definition) is 2. The summed E-state index contributed by atoms with van der Waals surface area (Å²) in [4.78, 5) is 27.0. The molecule has 3 aromatic rings. The van der Waals surface area contributed by atoms with E-state index in [1.165, 1.54) is 15.7 Å². The van der Waals surface area contributed by atoms with Crippen molar-refractivity contribution in [2.75, 3.05) is 0 Å². The summed E-state index contributed by atoms with van der Waals surface area (Å²) in [5, 5.41) is 3.11. The molecule has 1 amide bonds. The van der Waals surface area contributed by atoms with Crippen molar-refractivity contribution in [1.82, 2.24) is 14.9 Å². The minimum atomic E-state index is -0.183. The Bertz CT molecular complexity index is 1020. The van der Waals surface area contributed by atoms with E-state index in [-0.39, 0.29) is 17.6 Å². The molecule has 2 N–H and O–H groups in total. The van der Waals surface area contributed by atoms with Crippen molar-refractivity contribution in [3.05, 3.63) is 68.0 Å². The molecule has 122 valence electrons. The van der Waals surface area contributed by atoms with E-state index in [4.69, 9.17) is 0 Å². The molecule has 0 saturated carbocycles. The molecule has 2 aromatic carbocycles. The maximum absolute atomic E-state index is 12.6. The lowest BCUT2D eigenvalue weighted by atomic mass is 10.1. The van der Waals surface area contributed by atoms with Gasteiger partial charge in [0.15, 0.2) is 0 Å². The van der Waals surface area contributed by atoms with Crippen LogP contribution in [0.1, 0.15) is 33.9 Å². The van der Waals surface area contributed by atoms with Crippen molar-refractivity contribution in [2.45, 2.75) is 18.9 Å². The molecule has 0 aliphatic heterocycles. The van der Waals surface area contributed by atoms with Gasteiger partial charge in [-0.2, -0.15) is 0 Å². The third-order valence-corrected chi connectivity index (χ3v) is 5.43. The van der Waals surface area contributed by atoms with Crippen LogP contribution >= 0.6 is 15.9 Å². The topological polar surface area (TPSA) is 66.9 Å². The van der Waals surface area contributed by atoms with Gasteiger partial charge in [-0.25, -0.2) is 4.79 Å². The van der Waals surface area contributed by atoms with Gasteiger partial charge in [0.2, 0.25) is 0 Å². The Labute approximate surface area is 146 Å². The van der Waals surface area contributed by atoms with Crippen LogP contribution in [0.25, 0.3) is 11.0 Å². The average molecular weight is 386 g/mol. The zero-order valence-electron chi connectivity index (χ0n) is 13.1. The smallest absolute Gasteiger partial charge is 0.326 e. The van der Waals surface area contributed by atoms with Gasteiger partial charge in [-0.15, -0.1) is 0 Å². The second-order valence-electron chi connectivity index (χ2n) is 6.09. The summed E-state index contributed by atoms with van der Waals surface area (Å²) in [6, 6.07) is 11.4. The number of carbonyl (C=O) groups is 1. The first-order chi connectivity index (χ1) is 11.5. The van der Waals surface area contributed by atoms with Crippen molar-refractivity contribution < 1.29 is 4.79 Å². The van der Waals surface area contributed by atoms with Crippen LogP contribution < -0.4 is 11.0 Å². The number of imidazole rings is 1. The minimum absolute atomic E-state index is 0.0236. The second-order valence-corrected chi connectivity index (χ2v) is 6.95. The summed E-state index contributed by atoms with van der Waals surface area (Å²) < 4.78 is 2.63. The van der Waals surface area contributed by atoms with Crippen LogP contribution in [0.15, 0.2) is 45.7 Å². The first-order valence-corrected chi connectivity index (χ1v) is 8.61. The van der Waals surface area contributed by atoms with Gasteiger partial charge in [0.25, 0.3) is 5.91 Å². The maximum atomic E-state index is 12.6. The van der Waals surface area contributed by atoms with E-state index in [2.05, 4.69) is 32.3 Å². The van der Waals surface area contributed by atoms with Gasteiger partial charge in [0.1, 0.15) is 0 Å². The van der Waals surface area contributed by atoms with Crippen molar-refractivity contribution in [1.29, 1.82) is 0 Å². The van der Waals surface area contributed by atoms with Gasteiger partial charge in [0, 0.05) is 17.1 Å². The number of aryl methyl sites for hydroxylation is 1. The summed E-state index contributed by atoms with van der Waals surface area (Å²) in [6.07, 6.45) is 1.85. The Morgan fingerprint density at radius 1 is 1.33 bits per heavy atom. The quantitative estimate of drug-likeness (QED) is 0.711. The molecule has 1 unspecified atom stereocenters. The number of nitrogens with one attached hydrogen (secondary N) is 2. The van der Waals surface area contributed by atoms with E-state index >= 15 is 0 Å². The second kappa shape index (κ2) is 5.63. The lowest BCUT2D eigenvalue weighted by Gasteiger charge is -2.14. The van der Waals surface area contributed by atoms with Crippen molar-refractivity contribution >= 4 is 32.9 Å². The number of aromatic amines is 1. The lowest BCUT2D eigenvalue weighted by molar-refractivity contribution is 0.0937. The lowest BCUT2D eigenvalue weighted by Crippen LogP contribution is -2.27. The number of rotatable bonds is 2. The van der Waals surface area contributed by atoms with Crippen LogP contribution in [0.4, 0.5) is 0 Å². The van der Waals surface area contributed by atoms with Gasteiger partial charge in [0.05, 0.1) is 17.1 Å². The van der Waals surface area contributed by atoms with Gasteiger partial charge in [-0.05, 0) is 48.2 Å². The molecule has 0 fully saturated rings. The number of fused-ring (bicyclic) bond motifs is 2. The van der Waals surface area contributed by atoms with Crippen LogP contribution in [0, 0.1) is 0 Å². The largest absolute Gasteiger partial charge is 0.345 e. The molecule has 0 spiro atoms. The van der Waals surface area contributed by atoms with Crippen LogP contribution in [-0.4, -0.2) is 15.5 Å². The fourth-order valence-corrected chi connectivity index (χ4v) is 3.96. The summed E-state index contributed by atoms with van der Waals surface area (Å²) >= 11 is 3.57. The van der Waals surface area contributed by atoms with Gasteiger partial charge in [-0.3, -0.25) is 9.36 Å². The third kappa shape index (κ3) is 2.38. The van der Waals surface area contributed by atoms with Crippen molar-refractivity contribution in [2.24, 2.45) is 7.05 Å². The Morgan fingerprint density at radius 3 is 3.00 bits per heavy atom. The van der Waals surface area contributed by atoms with E-state index in [1.54, 1.807) is 25.2 Å². The highest BCUT2D eigenvalue weighted by Gasteiger charge is 2.25. The van der Waals surface area contributed by atoms with Crippen LogP contribution in [0.2, 0.25) is 0 Å². The zero-order valence-corrected chi connectivity index (χ0v) is 14.7. The molecule has 1 heterocycles. The molecule has 4 rings (SSSR count). The monoisotopic (exact) mass is 385 g/mol. The number of carbonyl (C=O) groups excluding carboxylic acids is 1. The highest BCUT2D eigenvalue weighted by molar-refractivity contribution is 9.10. The fourth-order valence-electron chi connectivity index (χ4n) is 3.38. The minimum Gasteiger partial charge on any atom is -0.345 e.